The van der Waals surface area contributed by atoms with Gasteiger partial charge in [0.05, 0.1) is 11.0 Å². The summed E-state index contributed by atoms with van der Waals surface area (Å²) in [5.41, 5.74) is 4.82. The van der Waals surface area contributed by atoms with Crippen molar-refractivity contribution >= 4 is 22.1 Å². The van der Waals surface area contributed by atoms with Crippen molar-refractivity contribution in [1.29, 1.82) is 0 Å². The Morgan fingerprint density at radius 1 is 1.04 bits per heavy atom. The molecule has 0 spiro atoms. The van der Waals surface area contributed by atoms with E-state index < -0.39 is 0 Å². The zero-order chi connectivity index (χ0) is 17.5. The highest BCUT2D eigenvalue weighted by molar-refractivity contribution is 5.83. The van der Waals surface area contributed by atoms with Crippen LogP contribution in [-0.4, -0.2) is 27.7 Å². The minimum Gasteiger partial charge on any atom is -0.436 e. The van der Waals surface area contributed by atoms with E-state index in [2.05, 4.69) is 34.7 Å². The molecule has 0 amide bonds. The summed E-state index contributed by atoms with van der Waals surface area (Å²) < 4.78 is 13.7. The maximum atomic E-state index is 5.90. The number of ether oxygens (including phenoxy) is 1. The summed E-state index contributed by atoms with van der Waals surface area (Å²) in [6.45, 7) is 4.84. The summed E-state index contributed by atoms with van der Waals surface area (Å²) in [4.78, 5) is 9.38. The summed E-state index contributed by atoms with van der Waals surface area (Å²) in [5.74, 6) is 2.36. The first-order chi connectivity index (χ1) is 12.8. The second-order valence-electron chi connectivity index (χ2n) is 7.02. The number of aromatic nitrogens is 3. The second-order valence-corrected chi connectivity index (χ2v) is 7.02. The SMILES string of the molecule is Cc1nc2cc(-c3nc4ccccc4o3)ccc2n1CC1CCOCC1. The molecule has 0 aliphatic carbocycles. The summed E-state index contributed by atoms with van der Waals surface area (Å²) in [5, 5.41) is 0. The minimum atomic E-state index is 0.643. The van der Waals surface area contributed by atoms with Gasteiger partial charge in [-0.25, -0.2) is 9.97 Å². The molecule has 0 saturated carbocycles. The zero-order valence-electron chi connectivity index (χ0n) is 14.8. The average Bonchev–Trinajstić information content (AvgIpc) is 3.23. The largest absolute Gasteiger partial charge is 0.436 e. The van der Waals surface area contributed by atoms with Crippen molar-refractivity contribution in [1.82, 2.24) is 14.5 Å². The second kappa shape index (κ2) is 6.25. The summed E-state index contributed by atoms with van der Waals surface area (Å²) in [6.07, 6.45) is 2.25. The number of hydrogen-bond acceptors (Lipinski definition) is 4. The van der Waals surface area contributed by atoms with Gasteiger partial charge >= 0.3 is 0 Å². The molecular weight excluding hydrogens is 326 g/mol. The molecule has 26 heavy (non-hydrogen) atoms. The van der Waals surface area contributed by atoms with Gasteiger partial charge in [-0.1, -0.05) is 12.1 Å². The molecule has 1 aliphatic rings. The molecule has 0 bridgehead atoms. The van der Waals surface area contributed by atoms with Crippen molar-refractivity contribution in [2.75, 3.05) is 13.2 Å². The Bertz CT molecular complexity index is 1040. The third-order valence-corrected chi connectivity index (χ3v) is 5.26. The van der Waals surface area contributed by atoms with Crippen LogP contribution in [0, 0.1) is 12.8 Å². The molecule has 4 aromatic rings. The first-order valence-electron chi connectivity index (χ1n) is 9.18. The highest BCUT2D eigenvalue weighted by Crippen LogP contribution is 2.28. The number of rotatable bonds is 3. The fourth-order valence-corrected chi connectivity index (χ4v) is 3.80. The van der Waals surface area contributed by atoms with Gasteiger partial charge in [-0.3, -0.25) is 0 Å². The molecule has 5 rings (SSSR count). The van der Waals surface area contributed by atoms with Gasteiger partial charge < -0.3 is 13.7 Å². The molecule has 5 nitrogen and oxygen atoms in total. The molecule has 3 heterocycles. The normalized spacial score (nSPS) is 15.9. The molecule has 5 heteroatoms. The van der Waals surface area contributed by atoms with E-state index in [4.69, 9.17) is 14.1 Å². The van der Waals surface area contributed by atoms with E-state index >= 15 is 0 Å². The van der Waals surface area contributed by atoms with Crippen LogP contribution in [0.25, 0.3) is 33.6 Å². The quantitative estimate of drug-likeness (QED) is 0.544. The van der Waals surface area contributed by atoms with Crippen LogP contribution in [0.2, 0.25) is 0 Å². The number of imidazole rings is 1. The van der Waals surface area contributed by atoms with Crippen molar-refractivity contribution in [3.8, 4) is 11.5 Å². The molecule has 1 aliphatic heterocycles. The molecule has 0 N–H and O–H groups in total. The lowest BCUT2D eigenvalue weighted by Gasteiger charge is -2.23. The molecular formula is C21H21N3O2. The van der Waals surface area contributed by atoms with Crippen LogP contribution in [-0.2, 0) is 11.3 Å². The number of fused-ring (bicyclic) bond motifs is 2. The average molecular weight is 347 g/mol. The van der Waals surface area contributed by atoms with Gasteiger partial charge in [0.2, 0.25) is 5.89 Å². The Hall–Kier alpha value is -2.66. The molecule has 132 valence electrons. The summed E-state index contributed by atoms with van der Waals surface area (Å²) in [7, 11) is 0. The van der Waals surface area contributed by atoms with E-state index in [0.29, 0.717) is 11.8 Å². The third kappa shape index (κ3) is 2.69. The standard InChI is InChI=1S/C21H21N3O2/c1-14-22-18-12-16(21-23-17-4-2-3-5-20(17)26-21)6-7-19(18)24(14)13-15-8-10-25-11-9-15/h2-7,12,15H,8-11,13H2,1H3. The molecule has 0 unspecified atom stereocenters. The summed E-state index contributed by atoms with van der Waals surface area (Å²) in [6, 6.07) is 14.1. The topological polar surface area (TPSA) is 53.1 Å². The first kappa shape index (κ1) is 15.6. The van der Waals surface area contributed by atoms with Gasteiger partial charge in [-0.2, -0.15) is 0 Å². The monoisotopic (exact) mass is 347 g/mol. The number of hydrogen-bond donors (Lipinski definition) is 0. The lowest BCUT2D eigenvalue weighted by molar-refractivity contribution is 0.0614. The molecule has 0 radical (unpaired) electrons. The van der Waals surface area contributed by atoms with Gasteiger partial charge in [-0.05, 0) is 56.0 Å². The van der Waals surface area contributed by atoms with Crippen molar-refractivity contribution in [2.24, 2.45) is 5.92 Å². The highest BCUT2D eigenvalue weighted by Gasteiger charge is 2.18. The van der Waals surface area contributed by atoms with Crippen LogP contribution in [0.3, 0.4) is 0 Å². The van der Waals surface area contributed by atoms with E-state index in [9.17, 15) is 0 Å². The van der Waals surface area contributed by atoms with Crippen LogP contribution >= 0.6 is 0 Å². The van der Waals surface area contributed by atoms with Crippen molar-refractivity contribution < 1.29 is 9.15 Å². The van der Waals surface area contributed by atoms with E-state index in [1.165, 1.54) is 5.52 Å². The van der Waals surface area contributed by atoms with E-state index in [-0.39, 0.29) is 0 Å². The van der Waals surface area contributed by atoms with Gasteiger partial charge in [0.1, 0.15) is 11.3 Å². The fourth-order valence-electron chi connectivity index (χ4n) is 3.80. The molecule has 0 atom stereocenters. The zero-order valence-corrected chi connectivity index (χ0v) is 14.8. The third-order valence-electron chi connectivity index (χ3n) is 5.26. The van der Waals surface area contributed by atoms with Crippen LogP contribution in [0.15, 0.2) is 46.9 Å². The number of oxazole rings is 1. The fraction of sp³-hybridized carbons (Fsp3) is 0.333. The maximum absolute atomic E-state index is 5.90. The van der Waals surface area contributed by atoms with Crippen LogP contribution < -0.4 is 0 Å². The Labute approximate surface area is 151 Å². The number of aryl methyl sites for hydroxylation is 1. The van der Waals surface area contributed by atoms with E-state index in [0.717, 1.165) is 60.6 Å². The van der Waals surface area contributed by atoms with Crippen LogP contribution in [0.4, 0.5) is 0 Å². The van der Waals surface area contributed by atoms with Gasteiger partial charge in [0, 0.05) is 25.3 Å². The molecule has 2 aromatic heterocycles. The lowest BCUT2D eigenvalue weighted by Crippen LogP contribution is -2.20. The Morgan fingerprint density at radius 3 is 2.73 bits per heavy atom. The maximum Gasteiger partial charge on any atom is 0.227 e. The van der Waals surface area contributed by atoms with E-state index in [1.807, 2.05) is 24.3 Å². The molecule has 1 fully saturated rings. The van der Waals surface area contributed by atoms with Crippen molar-refractivity contribution in [3.63, 3.8) is 0 Å². The number of nitrogens with zero attached hydrogens (tertiary/aromatic N) is 3. The lowest BCUT2D eigenvalue weighted by atomic mass is 10.0. The predicted molar refractivity (Wildman–Crippen MR) is 101 cm³/mol. The minimum absolute atomic E-state index is 0.643. The Kier molecular flexibility index (Phi) is 3.75. The molecule has 1 saturated heterocycles. The highest BCUT2D eigenvalue weighted by atomic mass is 16.5. The van der Waals surface area contributed by atoms with Gasteiger partial charge in [0.15, 0.2) is 5.58 Å². The number of benzene rings is 2. The van der Waals surface area contributed by atoms with E-state index in [1.54, 1.807) is 0 Å². The Morgan fingerprint density at radius 2 is 1.88 bits per heavy atom. The predicted octanol–water partition coefficient (Wildman–Crippen LogP) is 4.58. The van der Waals surface area contributed by atoms with Crippen molar-refractivity contribution in [3.05, 3.63) is 48.3 Å². The Balaban J connectivity index is 1.51. The van der Waals surface area contributed by atoms with Crippen LogP contribution in [0.5, 0.6) is 0 Å². The summed E-state index contributed by atoms with van der Waals surface area (Å²) >= 11 is 0. The first-order valence-corrected chi connectivity index (χ1v) is 9.18. The van der Waals surface area contributed by atoms with Crippen LogP contribution in [0.1, 0.15) is 18.7 Å². The van der Waals surface area contributed by atoms with Crippen molar-refractivity contribution in [2.45, 2.75) is 26.3 Å². The molecule has 2 aromatic carbocycles. The number of para-hydroxylation sites is 2. The van der Waals surface area contributed by atoms with Gasteiger partial charge in [0.25, 0.3) is 0 Å². The van der Waals surface area contributed by atoms with Gasteiger partial charge in [-0.15, -0.1) is 0 Å². The smallest absolute Gasteiger partial charge is 0.227 e.